The lowest BCUT2D eigenvalue weighted by Gasteiger charge is -2.10. The van der Waals surface area contributed by atoms with Gasteiger partial charge in [-0.3, -0.25) is 9.59 Å². The lowest BCUT2D eigenvalue weighted by atomic mass is 10.1. The number of amides is 2. The SMILES string of the molecule is CCNC(=O)/C(=C\c1ccc(-c2ccc(Cl)cc2Cl)o1)NC(=O)c1ccc(C)cc1. The molecule has 30 heavy (non-hydrogen) atoms. The zero-order valence-electron chi connectivity index (χ0n) is 16.5. The molecule has 0 unspecified atom stereocenters. The van der Waals surface area contributed by atoms with Crippen LogP contribution in [0.1, 0.15) is 28.6 Å². The summed E-state index contributed by atoms with van der Waals surface area (Å²) in [7, 11) is 0. The second kappa shape index (κ2) is 9.65. The molecule has 1 heterocycles. The van der Waals surface area contributed by atoms with Crippen molar-refractivity contribution >= 4 is 41.1 Å². The molecule has 2 aromatic carbocycles. The van der Waals surface area contributed by atoms with E-state index >= 15 is 0 Å². The van der Waals surface area contributed by atoms with E-state index in [0.717, 1.165) is 5.56 Å². The van der Waals surface area contributed by atoms with Crippen LogP contribution in [0.15, 0.2) is 64.7 Å². The predicted molar refractivity (Wildman–Crippen MR) is 119 cm³/mol. The van der Waals surface area contributed by atoms with Crippen LogP contribution in [-0.4, -0.2) is 18.4 Å². The number of likely N-dealkylation sites (N-methyl/N-ethyl adjacent to an activating group) is 1. The highest BCUT2D eigenvalue weighted by molar-refractivity contribution is 6.36. The van der Waals surface area contributed by atoms with Crippen molar-refractivity contribution in [2.75, 3.05) is 6.54 Å². The quantitative estimate of drug-likeness (QED) is 0.497. The van der Waals surface area contributed by atoms with Crippen molar-refractivity contribution in [2.24, 2.45) is 0 Å². The zero-order valence-corrected chi connectivity index (χ0v) is 18.0. The van der Waals surface area contributed by atoms with E-state index in [1.54, 1.807) is 49.4 Å². The maximum Gasteiger partial charge on any atom is 0.267 e. The summed E-state index contributed by atoms with van der Waals surface area (Å²) >= 11 is 12.2. The van der Waals surface area contributed by atoms with Crippen LogP contribution < -0.4 is 10.6 Å². The molecule has 5 nitrogen and oxygen atoms in total. The Balaban J connectivity index is 1.88. The fourth-order valence-electron chi connectivity index (χ4n) is 2.72. The molecule has 0 aliphatic heterocycles. The minimum Gasteiger partial charge on any atom is -0.457 e. The van der Waals surface area contributed by atoms with Crippen molar-refractivity contribution in [1.29, 1.82) is 0 Å². The molecular weight excluding hydrogens is 423 g/mol. The van der Waals surface area contributed by atoms with E-state index in [0.29, 0.717) is 39.2 Å². The summed E-state index contributed by atoms with van der Waals surface area (Å²) in [5.74, 6) is 0.102. The normalized spacial score (nSPS) is 11.3. The summed E-state index contributed by atoms with van der Waals surface area (Å²) in [5.41, 5.74) is 2.23. The molecule has 3 aromatic rings. The van der Waals surface area contributed by atoms with Gasteiger partial charge in [0.15, 0.2) is 0 Å². The van der Waals surface area contributed by atoms with Crippen LogP contribution in [0.2, 0.25) is 10.0 Å². The molecule has 0 bridgehead atoms. The largest absolute Gasteiger partial charge is 0.457 e. The molecule has 1 aromatic heterocycles. The van der Waals surface area contributed by atoms with E-state index in [4.69, 9.17) is 27.6 Å². The van der Waals surface area contributed by atoms with Crippen LogP contribution in [0.3, 0.4) is 0 Å². The predicted octanol–water partition coefficient (Wildman–Crippen LogP) is 5.47. The van der Waals surface area contributed by atoms with Gasteiger partial charge in [-0.1, -0.05) is 40.9 Å². The van der Waals surface area contributed by atoms with E-state index in [2.05, 4.69) is 10.6 Å². The van der Waals surface area contributed by atoms with Crippen molar-refractivity contribution < 1.29 is 14.0 Å². The summed E-state index contributed by atoms with van der Waals surface area (Å²) in [6.45, 7) is 4.15. The Bertz CT molecular complexity index is 1100. The fraction of sp³-hybridized carbons (Fsp3) is 0.130. The lowest BCUT2D eigenvalue weighted by molar-refractivity contribution is -0.117. The molecule has 0 spiro atoms. The highest BCUT2D eigenvalue weighted by atomic mass is 35.5. The van der Waals surface area contributed by atoms with Gasteiger partial charge in [0.1, 0.15) is 17.2 Å². The Morgan fingerprint density at radius 2 is 1.77 bits per heavy atom. The highest BCUT2D eigenvalue weighted by Gasteiger charge is 2.16. The van der Waals surface area contributed by atoms with Crippen LogP contribution in [0.5, 0.6) is 0 Å². The smallest absolute Gasteiger partial charge is 0.267 e. The summed E-state index contributed by atoms with van der Waals surface area (Å²) in [5, 5.41) is 6.32. The molecule has 0 fully saturated rings. The minimum atomic E-state index is -0.416. The standard InChI is InChI=1S/C23H20Cl2N2O3/c1-3-26-23(29)20(27-22(28)15-6-4-14(2)5-7-15)13-17-9-11-21(30-17)18-10-8-16(24)12-19(18)25/h4-13H,3H2,1-2H3,(H,26,29)(H,27,28)/b20-13+. The topological polar surface area (TPSA) is 71.3 Å². The first kappa shape index (κ1) is 21.7. The molecule has 2 N–H and O–H groups in total. The minimum absolute atomic E-state index is 0.0746. The van der Waals surface area contributed by atoms with Crippen LogP contribution in [0.4, 0.5) is 0 Å². The molecule has 0 radical (unpaired) electrons. The van der Waals surface area contributed by atoms with E-state index in [1.165, 1.54) is 6.08 Å². The van der Waals surface area contributed by atoms with Crippen LogP contribution in [0.25, 0.3) is 17.4 Å². The number of hydrogen-bond donors (Lipinski definition) is 2. The molecule has 0 aliphatic carbocycles. The second-order valence-corrected chi connectivity index (χ2v) is 7.41. The summed E-state index contributed by atoms with van der Waals surface area (Å²) in [6.07, 6.45) is 1.48. The molecule has 2 amide bonds. The van der Waals surface area contributed by atoms with Crippen molar-refractivity contribution in [3.63, 3.8) is 0 Å². The molecule has 0 saturated heterocycles. The molecule has 154 valence electrons. The Hall–Kier alpha value is -3.02. The van der Waals surface area contributed by atoms with Gasteiger partial charge in [0, 0.05) is 28.8 Å². The van der Waals surface area contributed by atoms with Gasteiger partial charge >= 0.3 is 0 Å². The maximum atomic E-state index is 12.6. The second-order valence-electron chi connectivity index (χ2n) is 6.56. The van der Waals surface area contributed by atoms with Crippen LogP contribution in [0, 0.1) is 6.92 Å². The molecule has 3 rings (SSSR count). The number of nitrogens with one attached hydrogen (secondary N) is 2. The third-order valence-electron chi connectivity index (χ3n) is 4.25. The molecule has 0 saturated carbocycles. The maximum absolute atomic E-state index is 12.6. The number of aryl methyl sites for hydroxylation is 1. The van der Waals surface area contributed by atoms with E-state index in [1.807, 2.05) is 19.1 Å². The molecular formula is C23H20Cl2N2O3. The van der Waals surface area contributed by atoms with Gasteiger partial charge in [-0.2, -0.15) is 0 Å². The van der Waals surface area contributed by atoms with Crippen LogP contribution in [-0.2, 0) is 4.79 Å². The Morgan fingerprint density at radius 1 is 1.03 bits per heavy atom. The highest BCUT2D eigenvalue weighted by Crippen LogP contribution is 2.31. The monoisotopic (exact) mass is 442 g/mol. The molecule has 0 aliphatic rings. The number of carbonyl (C=O) groups is 2. The molecule has 0 atom stereocenters. The lowest BCUT2D eigenvalue weighted by Crippen LogP contribution is -2.34. The van der Waals surface area contributed by atoms with Crippen molar-refractivity contribution in [3.05, 3.63) is 87.2 Å². The van der Waals surface area contributed by atoms with Gasteiger partial charge in [-0.05, 0) is 56.3 Å². The first-order chi connectivity index (χ1) is 14.4. The number of halogens is 2. The van der Waals surface area contributed by atoms with E-state index < -0.39 is 5.91 Å². The third kappa shape index (κ3) is 5.32. The molecule has 7 heteroatoms. The number of benzene rings is 2. The van der Waals surface area contributed by atoms with E-state index in [-0.39, 0.29) is 11.6 Å². The average Bonchev–Trinajstić information content (AvgIpc) is 3.16. The van der Waals surface area contributed by atoms with Gasteiger partial charge in [0.2, 0.25) is 0 Å². The number of furan rings is 1. The van der Waals surface area contributed by atoms with Gasteiger partial charge in [-0.15, -0.1) is 0 Å². The van der Waals surface area contributed by atoms with Gasteiger partial charge in [0.25, 0.3) is 11.8 Å². The van der Waals surface area contributed by atoms with Gasteiger partial charge in [0.05, 0.1) is 5.02 Å². The van der Waals surface area contributed by atoms with Gasteiger partial charge in [-0.25, -0.2) is 0 Å². The van der Waals surface area contributed by atoms with Crippen molar-refractivity contribution in [3.8, 4) is 11.3 Å². The summed E-state index contributed by atoms with van der Waals surface area (Å²) < 4.78 is 5.82. The number of hydrogen-bond acceptors (Lipinski definition) is 3. The number of carbonyl (C=O) groups excluding carboxylic acids is 2. The van der Waals surface area contributed by atoms with E-state index in [9.17, 15) is 9.59 Å². The third-order valence-corrected chi connectivity index (χ3v) is 4.80. The zero-order chi connectivity index (χ0) is 21.7. The number of rotatable bonds is 6. The first-order valence-electron chi connectivity index (χ1n) is 9.30. The Morgan fingerprint density at radius 3 is 2.43 bits per heavy atom. The Kier molecular flexibility index (Phi) is 6.98. The first-order valence-corrected chi connectivity index (χ1v) is 10.1. The summed E-state index contributed by atoms with van der Waals surface area (Å²) in [6, 6.07) is 15.6. The van der Waals surface area contributed by atoms with Crippen molar-refractivity contribution in [2.45, 2.75) is 13.8 Å². The summed E-state index contributed by atoms with van der Waals surface area (Å²) in [4.78, 5) is 25.0. The van der Waals surface area contributed by atoms with Gasteiger partial charge < -0.3 is 15.1 Å². The Labute approximate surface area is 184 Å². The van der Waals surface area contributed by atoms with Crippen LogP contribution >= 0.6 is 23.2 Å². The fourth-order valence-corrected chi connectivity index (χ4v) is 3.22. The average molecular weight is 443 g/mol. The van der Waals surface area contributed by atoms with Crippen molar-refractivity contribution in [1.82, 2.24) is 10.6 Å².